The lowest BCUT2D eigenvalue weighted by molar-refractivity contribution is -0.384. The van der Waals surface area contributed by atoms with Gasteiger partial charge < -0.3 is 10.1 Å². The molecule has 0 spiro atoms. The molecule has 0 fully saturated rings. The molecule has 132 valence electrons. The average Bonchev–Trinajstić information content (AvgIpc) is 3.20. The molecule has 0 radical (unpaired) electrons. The second-order valence-corrected chi connectivity index (χ2v) is 5.31. The van der Waals surface area contributed by atoms with E-state index in [2.05, 4.69) is 20.1 Å². The summed E-state index contributed by atoms with van der Waals surface area (Å²) >= 11 is 0. The summed E-state index contributed by atoms with van der Waals surface area (Å²) in [7, 11) is 1.20. The van der Waals surface area contributed by atoms with E-state index in [1.165, 1.54) is 13.3 Å². The van der Waals surface area contributed by atoms with Crippen LogP contribution in [0.1, 0.15) is 15.9 Å². The van der Waals surface area contributed by atoms with Crippen LogP contribution in [0.2, 0.25) is 0 Å². The molecule has 0 bridgehead atoms. The zero-order valence-electron chi connectivity index (χ0n) is 13.8. The van der Waals surface area contributed by atoms with Crippen LogP contribution >= 0.6 is 0 Å². The number of hydrogen-bond donors (Lipinski definition) is 1. The molecule has 3 aromatic rings. The Balaban J connectivity index is 1.74. The molecule has 0 amide bonds. The lowest BCUT2D eigenvalue weighted by atomic mass is 10.2. The third kappa shape index (κ3) is 3.66. The van der Waals surface area contributed by atoms with Gasteiger partial charge in [-0.15, -0.1) is 0 Å². The van der Waals surface area contributed by atoms with Crippen LogP contribution < -0.4 is 5.32 Å². The molecular weight excluding hydrogens is 338 g/mol. The van der Waals surface area contributed by atoms with E-state index in [4.69, 9.17) is 0 Å². The zero-order chi connectivity index (χ0) is 18.5. The van der Waals surface area contributed by atoms with Crippen molar-refractivity contribution in [3.63, 3.8) is 0 Å². The van der Waals surface area contributed by atoms with E-state index in [1.807, 2.05) is 36.5 Å². The summed E-state index contributed by atoms with van der Waals surface area (Å²) in [6.07, 6.45) is 4.77. The van der Waals surface area contributed by atoms with Crippen LogP contribution in [0.25, 0.3) is 5.69 Å². The van der Waals surface area contributed by atoms with Crippen molar-refractivity contribution in [3.05, 3.63) is 76.2 Å². The number of nitrogens with zero attached hydrogens (tertiary/aromatic N) is 4. The van der Waals surface area contributed by atoms with Gasteiger partial charge in [0.25, 0.3) is 0 Å². The molecule has 2 heterocycles. The normalized spacial score (nSPS) is 10.3. The molecule has 9 heteroatoms. The predicted octanol–water partition coefficient (Wildman–Crippen LogP) is 2.57. The molecule has 0 saturated carbocycles. The van der Waals surface area contributed by atoms with Gasteiger partial charge >= 0.3 is 11.7 Å². The summed E-state index contributed by atoms with van der Waals surface area (Å²) in [5.74, 6) is -0.597. The smallest absolute Gasteiger partial charge is 0.339 e. The molecule has 9 nitrogen and oxygen atoms in total. The van der Waals surface area contributed by atoms with Crippen LogP contribution in [0.3, 0.4) is 0 Å². The monoisotopic (exact) mass is 353 g/mol. The number of ether oxygens (including phenoxy) is 1. The lowest BCUT2D eigenvalue weighted by Crippen LogP contribution is -2.08. The molecule has 0 aliphatic rings. The van der Waals surface area contributed by atoms with E-state index in [0.29, 0.717) is 6.54 Å². The van der Waals surface area contributed by atoms with Gasteiger partial charge in [-0.05, 0) is 23.8 Å². The van der Waals surface area contributed by atoms with Crippen LogP contribution in [-0.4, -0.2) is 32.8 Å². The topological polar surface area (TPSA) is 112 Å². The maximum absolute atomic E-state index is 11.5. The Morgan fingerprint density at radius 1 is 1.35 bits per heavy atom. The first-order valence-corrected chi connectivity index (χ1v) is 7.64. The SMILES string of the molecule is COC(=O)c1cnc(NCc2ccc(-n3cccn3)cc2)c([N+](=O)[O-])c1. The molecule has 0 atom stereocenters. The second kappa shape index (κ2) is 7.43. The van der Waals surface area contributed by atoms with Crippen molar-refractivity contribution in [3.8, 4) is 5.69 Å². The second-order valence-electron chi connectivity index (χ2n) is 5.31. The van der Waals surface area contributed by atoms with E-state index < -0.39 is 10.9 Å². The first-order chi connectivity index (χ1) is 12.6. The molecule has 3 rings (SSSR count). The maximum atomic E-state index is 11.5. The molecule has 0 unspecified atom stereocenters. The standard InChI is InChI=1S/C17H15N5O4/c1-26-17(23)13-9-15(22(24)25)16(19-11-13)18-10-12-3-5-14(6-4-12)21-8-2-7-20-21/h2-9,11H,10H2,1H3,(H,18,19). The molecule has 1 N–H and O–H groups in total. The van der Waals surface area contributed by atoms with Crippen molar-refractivity contribution in [2.24, 2.45) is 0 Å². The molecule has 0 saturated heterocycles. The van der Waals surface area contributed by atoms with Crippen molar-refractivity contribution < 1.29 is 14.5 Å². The summed E-state index contributed by atoms with van der Waals surface area (Å²) < 4.78 is 6.28. The Morgan fingerprint density at radius 3 is 2.73 bits per heavy atom. The maximum Gasteiger partial charge on any atom is 0.339 e. The van der Waals surface area contributed by atoms with Crippen molar-refractivity contribution in [2.75, 3.05) is 12.4 Å². The quantitative estimate of drug-likeness (QED) is 0.412. The van der Waals surface area contributed by atoms with Crippen molar-refractivity contribution in [1.82, 2.24) is 14.8 Å². The number of nitro groups is 1. The Bertz CT molecular complexity index is 923. The number of nitrogens with one attached hydrogen (secondary N) is 1. The van der Waals surface area contributed by atoms with Gasteiger partial charge in [-0.1, -0.05) is 12.1 Å². The molecule has 1 aromatic carbocycles. The summed E-state index contributed by atoms with van der Waals surface area (Å²) in [6.45, 7) is 0.338. The highest BCUT2D eigenvalue weighted by Gasteiger charge is 2.19. The first kappa shape index (κ1) is 17.1. The number of esters is 1. The number of carbonyl (C=O) groups is 1. The van der Waals surface area contributed by atoms with Crippen molar-refractivity contribution in [2.45, 2.75) is 6.54 Å². The molecule has 0 aliphatic carbocycles. The Hall–Kier alpha value is -3.75. The number of pyridine rings is 1. The van der Waals surface area contributed by atoms with Gasteiger partial charge in [0.15, 0.2) is 0 Å². The summed E-state index contributed by atoms with van der Waals surface area (Å²) in [5.41, 5.74) is 1.55. The Kier molecular flexibility index (Phi) is 4.88. The van der Waals surface area contributed by atoms with Crippen LogP contribution in [0.5, 0.6) is 0 Å². The largest absolute Gasteiger partial charge is 0.465 e. The third-order valence-corrected chi connectivity index (χ3v) is 3.65. The molecule has 2 aromatic heterocycles. The number of hydrogen-bond acceptors (Lipinski definition) is 7. The van der Waals surface area contributed by atoms with Crippen LogP contribution in [-0.2, 0) is 11.3 Å². The molecule has 26 heavy (non-hydrogen) atoms. The number of methoxy groups -OCH3 is 1. The first-order valence-electron chi connectivity index (χ1n) is 7.64. The summed E-state index contributed by atoms with van der Waals surface area (Å²) in [4.78, 5) is 26.1. The minimum absolute atomic E-state index is 0.0216. The lowest BCUT2D eigenvalue weighted by Gasteiger charge is -2.08. The predicted molar refractivity (Wildman–Crippen MR) is 93.1 cm³/mol. The third-order valence-electron chi connectivity index (χ3n) is 3.65. The highest BCUT2D eigenvalue weighted by molar-refractivity contribution is 5.90. The minimum Gasteiger partial charge on any atom is -0.465 e. The Morgan fingerprint density at radius 2 is 2.12 bits per heavy atom. The van der Waals surface area contributed by atoms with E-state index >= 15 is 0 Å². The highest BCUT2D eigenvalue weighted by Crippen LogP contribution is 2.24. The number of rotatable bonds is 6. The van der Waals surface area contributed by atoms with E-state index in [-0.39, 0.29) is 17.1 Å². The summed E-state index contributed by atoms with van der Waals surface area (Å²) in [6, 6.07) is 10.5. The van der Waals surface area contributed by atoms with Crippen molar-refractivity contribution >= 4 is 17.5 Å². The fourth-order valence-corrected chi connectivity index (χ4v) is 2.33. The molecular formula is C17H15N5O4. The van der Waals surface area contributed by atoms with Gasteiger partial charge in [-0.25, -0.2) is 14.5 Å². The van der Waals surface area contributed by atoms with Gasteiger partial charge in [0.1, 0.15) is 0 Å². The average molecular weight is 353 g/mol. The van der Waals surface area contributed by atoms with Gasteiger partial charge in [0.05, 0.1) is 23.3 Å². The van der Waals surface area contributed by atoms with Gasteiger partial charge in [-0.2, -0.15) is 5.10 Å². The van der Waals surface area contributed by atoms with Crippen LogP contribution in [0.15, 0.2) is 55.0 Å². The summed E-state index contributed by atoms with van der Waals surface area (Å²) in [5, 5.41) is 18.3. The highest BCUT2D eigenvalue weighted by atomic mass is 16.6. The number of anilines is 1. The van der Waals surface area contributed by atoms with Gasteiger partial charge in [0, 0.05) is 31.2 Å². The van der Waals surface area contributed by atoms with Crippen molar-refractivity contribution in [1.29, 1.82) is 0 Å². The van der Waals surface area contributed by atoms with Gasteiger partial charge in [-0.3, -0.25) is 10.1 Å². The minimum atomic E-state index is -0.679. The van der Waals surface area contributed by atoms with Gasteiger partial charge in [0.2, 0.25) is 5.82 Å². The zero-order valence-corrected chi connectivity index (χ0v) is 13.8. The number of benzene rings is 1. The van der Waals surface area contributed by atoms with E-state index in [0.717, 1.165) is 17.3 Å². The Labute approximate surface area is 148 Å². The fourth-order valence-electron chi connectivity index (χ4n) is 2.33. The fraction of sp³-hybridized carbons (Fsp3) is 0.118. The van der Waals surface area contributed by atoms with E-state index in [9.17, 15) is 14.9 Å². The molecule has 0 aliphatic heterocycles. The van der Waals surface area contributed by atoms with Crippen LogP contribution in [0, 0.1) is 10.1 Å². The van der Waals surface area contributed by atoms with E-state index in [1.54, 1.807) is 10.9 Å². The number of aromatic nitrogens is 3. The van der Waals surface area contributed by atoms with Crippen LogP contribution in [0.4, 0.5) is 11.5 Å². The number of carbonyl (C=O) groups excluding carboxylic acids is 1.